The number of carbonyl (C=O) groups is 6. The van der Waals surface area contributed by atoms with Crippen molar-refractivity contribution in [2.75, 3.05) is 0 Å². The molecule has 0 rings (SSSR count). The second kappa shape index (κ2) is 8.78. The largest absolute Gasteiger partial charge is 0.553 e. The van der Waals surface area contributed by atoms with Gasteiger partial charge in [-0.1, -0.05) is 0 Å². The third-order valence-electron chi connectivity index (χ3n) is 2.04. The van der Waals surface area contributed by atoms with Gasteiger partial charge in [-0.15, -0.1) is 0 Å². The van der Waals surface area contributed by atoms with E-state index >= 15 is 0 Å². The molecule has 0 aromatic carbocycles. The molecule has 0 spiro atoms. The summed E-state index contributed by atoms with van der Waals surface area (Å²) in [6.07, 6.45) is 0. The Hall–Kier alpha value is -3.18. The summed E-state index contributed by atoms with van der Waals surface area (Å²) in [5, 5.41) is 0. The summed E-state index contributed by atoms with van der Waals surface area (Å²) in [4.78, 5) is 69.0. The van der Waals surface area contributed by atoms with Crippen LogP contribution in [0.2, 0.25) is 0 Å². The van der Waals surface area contributed by atoms with Crippen molar-refractivity contribution in [2.45, 2.75) is 53.5 Å². The fourth-order valence-electron chi connectivity index (χ4n) is 1.64. The molecule has 0 N–H and O–H groups in total. The average molecular weight is 378 g/mol. The molecule has 0 saturated heterocycles. The molecule has 0 saturated carbocycles. The van der Waals surface area contributed by atoms with Crippen molar-refractivity contribution < 1.29 is 57.2 Å². The minimum Gasteiger partial charge on any atom is -0.379 e. The average Bonchev–Trinajstić information content (AvgIpc) is 2.32. The van der Waals surface area contributed by atoms with E-state index in [9.17, 15) is 28.8 Å². The molecule has 26 heavy (non-hydrogen) atoms. The lowest BCUT2D eigenvalue weighted by Gasteiger charge is -2.40. The van der Waals surface area contributed by atoms with E-state index < -0.39 is 47.8 Å². The predicted octanol–water partition coefficient (Wildman–Crippen LogP) is -0.327. The van der Waals surface area contributed by atoms with Gasteiger partial charge >= 0.3 is 47.8 Å². The molecule has 0 amide bonds. The lowest BCUT2D eigenvalue weighted by molar-refractivity contribution is -0.498. The Morgan fingerprint density at radius 1 is 0.385 bits per heavy atom. The van der Waals surface area contributed by atoms with E-state index in [4.69, 9.17) is 0 Å². The molecule has 12 nitrogen and oxygen atoms in total. The van der Waals surface area contributed by atoms with Crippen LogP contribution in [-0.2, 0) is 57.2 Å². The van der Waals surface area contributed by atoms with Crippen LogP contribution in [0, 0.1) is 0 Å². The van der Waals surface area contributed by atoms with Crippen LogP contribution in [0.5, 0.6) is 0 Å². The number of rotatable bonds is 7. The summed E-state index contributed by atoms with van der Waals surface area (Å²) in [7, 11) is 0. The third-order valence-corrected chi connectivity index (χ3v) is 2.04. The highest BCUT2D eigenvalue weighted by Gasteiger charge is 2.73. The molecule has 0 radical (unpaired) electrons. The van der Waals surface area contributed by atoms with Crippen LogP contribution in [0.3, 0.4) is 0 Å². The van der Waals surface area contributed by atoms with Gasteiger partial charge in [-0.2, -0.15) is 0 Å². The zero-order valence-electron chi connectivity index (χ0n) is 14.9. The van der Waals surface area contributed by atoms with Crippen molar-refractivity contribution in [3.63, 3.8) is 0 Å². The van der Waals surface area contributed by atoms with Gasteiger partial charge in [0.25, 0.3) is 0 Å². The Morgan fingerprint density at radius 2 is 0.500 bits per heavy atom. The first-order valence-electron chi connectivity index (χ1n) is 6.92. The van der Waals surface area contributed by atoms with Gasteiger partial charge in [0.15, 0.2) is 0 Å². The maximum atomic E-state index is 11.5. The van der Waals surface area contributed by atoms with Crippen LogP contribution in [0.25, 0.3) is 0 Å². The van der Waals surface area contributed by atoms with Gasteiger partial charge in [0.05, 0.1) is 0 Å². The number of hydrogen-bond donors (Lipinski definition) is 0. The number of carbonyl (C=O) groups excluding carboxylic acids is 6. The first kappa shape index (κ1) is 22.8. The molecule has 0 aromatic rings. The number of ether oxygens (including phenoxy) is 6. The predicted molar refractivity (Wildman–Crippen MR) is 76.1 cm³/mol. The molecule has 0 aromatic heterocycles. The Kier molecular flexibility index (Phi) is 7.71. The molecule has 0 bridgehead atoms. The minimum absolute atomic E-state index is 0.793. The topological polar surface area (TPSA) is 158 Å². The van der Waals surface area contributed by atoms with Gasteiger partial charge in [0.1, 0.15) is 0 Å². The molecule has 0 atom stereocenters. The van der Waals surface area contributed by atoms with Crippen LogP contribution < -0.4 is 0 Å². The summed E-state index contributed by atoms with van der Waals surface area (Å²) in [5.41, 5.74) is 0. The van der Waals surface area contributed by atoms with Crippen molar-refractivity contribution in [1.29, 1.82) is 0 Å². The van der Waals surface area contributed by atoms with E-state index in [1.807, 2.05) is 0 Å². The molecule has 0 aliphatic rings. The van der Waals surface area contributed by atoms with Crippen LogP contribution in [0.4, 0.5) is 0 Å². The first-order valence-corrected chi connectivity index (χ1v) is 6.92. The lowest BCUT2D eigenvalue weighted by atomic mass is 10.4. The molecule has 0 fully saturated rings. The number of esters is 6. The van der Waals surface area contributed by atoms with Crippen molar-refractivity contribution in [3.05, 3.63) is 0 Å². The summed E-state index contributed by atoms with van der Waals surface area (Å²) in [6.45, 7) is 4.76. The van der Waals surface area contributed by atoms with Crippen molar-refractivity contribution in [2.24, 2.45) is 0 Å². The summed E-state index contributed by atoms with van der Waals surface area (Å²) in [5.74, 6) is -14.3. The van der Waals surface area contributed by atoms with Gasteiger partial charge in [-0.25, -0.2) is 0 Å². The van der Waals surface area contributed by atoms with E-state index in [0.29, 0.717) is 0 Å². The molecular weight excluding hydrogens is 360 g/mol. The fourth-order valence-corrected chi connectivity index (χ4v) is 1.64. The molecule has 0 aliphatic carbocycles. The SMILES string of the molecule is CC(=O)OC(OC(C)=O)(OC(C)=O)C(OC(C)=O)(OC(C)=O)OC(C)=O. The first-order chi connectivity index (χ1) is 11.7. The van der Waals surface area contributed by atoms with Crippen molar-refractivity contribution in [1.82, 2.24) is 0 Å². The Bertz CT molecular complexity index is 484. The minimum atomic E-state index is -3.40. The van der Waals surface area contributed by atoms with Crippen molar-refractivity contribution in [3.8, 4) is 0 Å². The Labute approximate surface area is 147 Å². The van der Waals surface area contributed by atoms with E-state index in [0.717, 1.165) is 41.5 Å². The number of hydrogen-bond acceptors (Lipinski definition) is 12. The maximum Gasteiger partial charge on any atom is 0.553 e. The second-order valence-electron chi connectivity index (χ2n) is 4.67. The van der Waals surface area contributed by atoms with Gasteiger partial charge < -0.3 is 28.4 Å². The highest BCUT2D eigenvalue weighted by Crippen LogP contribution is 2.37. The van der Waals surface area contributed by atoms with Gasteiger partial charge in [0, 0.05) is 41.5 Å². The fraction of sp³-hybridized carbons (Fsp3) is 0.571. The molecule has 0 unspecified atom stereocenters. The van der Waals surface area contributed by atoms with E-state index in [1.54, 1.807) is 0 Å². The standard InChI is InChI=1S/C14H18O12/c1-7(15)21-13(22-8(2)16,23-9(3)17)14(24-10(4)18,25-11(5)19)26-12(6)20/h1-6H3. The lowest BCUT2D eigenvalue weighted by Crippen LogP contribution is -2.67. The summed E-state index contributed by atoms with van der Waals surface area (Å²) < 4.78 is 28.0. The summed E-state index contributed by atoms with van der Waals surface area (Å²) >= 11 is 0. The van der Waals surface area contributed by atoms with Crippen LogP contribution in [-0.4, -0.2) is 47.8 Å². The third kappa shape index (κ3) is 6.37. The highest BCUT2D eigenvalue weighted by atomic mass is 17.0. The molecule has 0 aliphatic heterocycles. The zero-order chi connectivity index (χ0) is 20.7. The monoisotopic (exact) mass is 378 g/mol. The van der Waals surface area contributed by atoms with Crippen LogP contribution >= 0.6 is 0 Å². The molecule has 12 heteroatoms. The quantitative estimate of drug-likeness (QED) is 0.420. The summed E-state index contributed by atoms with van der Waals surface area (Å²) in [6, 6.07) is 0. The normalized spacial score (nSPS) is 10.8. The van der Waals surface area contributed by atoms with Gasteiger partial charge in [-0.05, 0) is 0 Å². The van der Waals surface area contributed by atoms with Gasteiger partial charge in [-0.3, -0.25) is 28.8 Å². The van der Waals surface area contributed by atoms with E-state index in [1.165, 1.54) is 0 Å². The van der Waals surface area contributed by atoms with E-state index in [2.05, 4.69) is 28.4 Å². The molecular formula is C14H18O12. The van der Waals surface area contributed by atoms with Crippen LogP contribution in [0.1, 0.15) is 41.5 Å². The van der Waals surface area contributed by atoms with Crippen molar-refractivity contribution >= 4 is 35.8 Å². The smallest absolute Gasteiger partial charge is 0.379 e. The van der Waals surface area contributed by atoms with Gasteiger partial charge in [0.2, 0.25) is 0 Å². The maximum absolute atomic E-state index is 11.5. The highest BCUT2D eigenvalue weighted by molar-refractivity contribution is 5.74. The van der Waals surface area contributed by atoms with Crippen LogP contribution in [0.15, 0.2) is 0 Å². The molecule has 146 valence electrons. The Balaban J connectivity index is 6.82. The Morgan fingerprint density at radius 3 is 0.577 bits per heavy atom. The second-order valence-corrected chi connectivity index (χ2v) is 4.67. The zero-order valence-corrected chi connectivity index (χ0v) is 14.9. The molecule has 0 heterocycles. The van der Waals surface area contributed by atoms with E-state index in [-0.39, 0.29) is 0 Å².